The predicted octanol–water partition coefficient (Wildman–Crippen LogP) is -0.476. The van der Waals surface area contributed by atoms with Crippen molar-refractivity contribution in [3.63, 3.8) is 0 Å². The Balaban J connectivity index is 1.24. The Hall–Kier alpha value is -2.90. The molecule has 3 amide bonds. The maximum atomic E-state index is 12.9. The first-order valence-electron chi connectivity index (χ1n) is 13.9. The number of phosphoric ester groups is 1. The van der Waals surface area contributed by atoms with Gasteiger partial charge in [0.2, 0.25) is 0 Å². The van der Waals surface area contributed by atoms with E-state index in [1.165, 1.54) is 20.0 Å². The molecule has 17 nitrogen and oxygen atoms in total. The molecule has 19 heteroatoms. The Kier molecular flexibility index (Phi) is 9.72. The monoisotopic (exact) mass is 672 g/mol. The number of carbonyl (C=O) groups is 2. The highest BCUT2D eigenvalue weighted by atomic mass is 32.2. The van der Waals surface area contributed by atoms with Gasteiger partial charge in [0.25, 0.3) is 11.5 Å². The standard InChI is InChI=1S/C26H33N4O13PS/c1-13-10-29(24(35)27-21(13)33)19-9-16(17(11-31)41-19)43-44(38,39)40-12-18-15(32)8-20(42-18)30-23(45-14-6-4-3-5-7-14)26(2,37)22(34)28-25(30)36/h3-7,10,15-20,23,31-32,37H,8-9,11-12H2,1-2H3,(H,38,39)(H,27,33,35)(H,28,34,36)/t15-,16-,17+,18+,19+,20+,23?,26?/m0/s1. The predicted molar refractivity (Wildman–Crippen MR) is 154 cm³/mol. The van der Waals surface area contributed by atoms with Crippen molar-refractivity contribution in [1.82, 2.24) is 19.8 Å². The number of urea groups is 1. The quantitative estimate of drug-likeness (QED) is 0.175. The van der Waals surface area contributed by atoms with Crippen molar-refractivity contribution in [3.05, 3.63) is 62.9 Å². The molecule has 0 saturated carbocycles. The molecule has 3 aliphatic rings. The molecule has 5 rings (SSSR count). The Morgan fingerprint density at radius 3 is 2.49 bits per heavy atom. The minimum absolute atomic E-state index is 0.154. The highest BCUT2D eigenvalue weighted by molar-refractivity contribution is 8.00. The zero-order valence-corrected chi connectivity index (χ0v) is 25.8. The number of imide groups is 1. The maximum absolute atomic E-state index is 12.9. The topological polar surface area (TPSA) is 239 Å². The van der Waals surface area contributed by atoms with Crippen LogP contribution in [0, 0.1) is 6.92 Å². The van der Waals surface area contributed by atoms with E-state index in [2.05, 4.69) is 10.3 Å². The summed E-state index contributed by atoms with van der Waals surface area (Å²) in [6, 6.07) is 7.87. The molecule has 4 heterocycles. The summed E-state index contributed by atoms with van der Waals surface area (Å²) in [5.41, 5.74) is -3.20. The molecule has 45 heavy (non-hydrogen) atoms. The van der Waals surface area contributed by atoms with Crippen LogP contribution >= 0.6 is 19.6 Å². The van der Waals surface area contributed by atoms with Crippen LogP contribution in [0.1, 0.15) is 31.6 Å². The number of aromatic nitrogens is 2. The summed E-state index contributed by atoms with van der Waals surface area (Å²) >= 11 is 1.04. The van der Waals surface area contributed by atoms with Crippen molar-refractivity contribution in [2.45, 2.75) is 79.4 Å². The van der Waals surface area contributed by atoms with E-state index >= 15 is 0 Å². The largest absolute Gasteiger partial charge is 0.472 e. The van der Waals surface area contributed by atoms with Crippen molar-refractivity contribution in [2.24, 2.45) is 0 Å². The van der Waals surface area contributed by atoms with Crippen LogP contribution in [0.2, 0.25) is 0 Å². The number of phosphoric acid groups is 1. The van der Waals surface area contributed by atoms with Gasteiger partial charge in [-0.25, -0.2) is 14.2 Å². The number of aliphatic hydroxyl groups excluding tert-OH is 2. The number of amides is 3. The lowest BCUT2D eigenvalue weighted by Crippen LogP contribution is -2.69. The van der Waals surface area contributed by atoms with Gasteiger partial charge in [-0.15, -0.1) is 0 Å². The first kappa shape index (κ1) is 33.5. The van der Waals surface area contributed by atoms with E-state index in [-0.39, 0.29) is 18.4 Å². The lowest BCUT2D eigenvalue weighted by molar-refractivity contribution is -0.150. The fourth-order valence-electron chi connectivity index (χ4n) is 5.21. The molecule has 0 bridgehead atoms. The third-order valence-corrected chi connectivity index (χ3v) is 10.1. The molecule has 3 saturated heterocycles. The smallest absolute Gasteiger partial charge is 0.394 e. The van der Waals surface area contributed by atoms with E-state index in [9.17, 15) is 44.0 Å². The fraction of sp³-hybridized carbons (Fsp3) is 0.538. The van der Waals surface area contributed by atoms with E-state index in [1.807, 2.05) is 0 Å². The third kappa shape index (κ3) is 7.10. The number of H-pyrrole nitrogens is 1. The molecule has 2 aromatic rings. The van der Waals surface area contributed by atoms with E-state index in [0.717, 1.165) is 21.2 Å². The van der Waals surface area contributed by atoms with Crippen LogP contribution < -0.4 is 16.6 Å². The van der Waals surface area contributed by atoms with Crippen LogP contribution in [-0.2, 0) is 27.9 Å². The second-order valence-electron chi connectivity index (χ2n) is 11.0. The normalized spacial score (nSPS) is 33.3. The van der Waals surface area contributed by atoms with E-state index in [1.54, 1.807) is 30.3 Å². The fourth-order valence-corrected chi connectivity index (χ4v) is 7.42. The molecular weight excluding hydrogens is 639 g/mol. The molecule has 0 radical (unpaired) electrons. The van der Waals surface area contributed by atoms with Crippen LogP contribution in [0.5, 0.6) is 0 Å². The zero-order valence-electron chi connectivity index (χ0n) is 24.0. The summed E-state index contributed by atoms with van der Waals surface area (Å²) in [4.78, 5) is 63.8. The maximum Gasteiger partial charge on any atom is 0.472 e. The molecule has 3 unspecified atom stereocenters. The molecule has 3 fully saturated rings. The Morgan fingerprint density at radius 1 is 1.11 bits per heavy atom. The van der Waals surface area contributed by atoms with Crippen molar-refractivity contribution in [1.29, 1.82) is 0 Å². The van der Waals surface area contributed by atoms with Gasteiger partial charge in [-0.05, 0) is 26.0 Å². The number of hydrogen-bond donors (Lipinski definition) is 6. The third-order valence-electron chi connectivity index (χ3n) is 7.64. The number of ether oxygens (including phenoxy) is 2. The average Bonchev–Trinajstić information content (AvgIpc) is 3.55. The average molecular weight is 673 g/mol. The van der Waals surface area contributed by atoms with Crippen LogP contribution in [0.3, 0.4) is 0 Å². The lowest BCUT2D eigenvalue weighted by Gasteiger charge is -2.45. The molecule has 3 aliphatic heterocycles. The van der Waals surface area contributed by atoms with Gasteiger partial charge in [-0.2, -0.15) is 0 Å². The highest BCUT2D eigenvalue weighted by Gasteiger charge is 2.55. The molecule has 6 N–H and O–H groups in total. The van der Waals surface area contributed by atoms with Gasteiger partial charge in [0.15, 0.2) is 5.60 Å². The van der Waals surface area contributed by atoms with E-state index in [0.29, 0.717) is 4.90 Å². The molecular formula is C26H33N4O13PS. The van der Waals surface area contributed by atoms with Crippen molar-refractivity contribution in [3.8, 4) is 0 Å². The van der Waals surface area contributed by atoms with Crippen LogP contribution in [0.15, 0.2) is 51.0 Å². The van der Waals surface area contributed by atoms with Gasteiger partial charge in [-0.1, -0.05) is 30.0 Å². The number of aliphatic hydroxyl groups is 3. The number of nitrogens with zero attached hydrogens (tertiary/aromatic N) is 2. The number of carbonyl (C=O) groups excluding carboxylic acids is 2. The van der Waals surface area contributed by atoms with Gasteiger partial charge in [0.05, 0.1) is 19.3 Å². The molecule has 1 aromatic heterocycles. The molecule has 246 valence electrons. The molecule has 0 spiro atoms. The summed E-state index contributed by atoms with van der Waals surface area (Å²) in [6.45, 7) is 1.44. The first-order valence-corrected chi connectivity index (χ1v) is 16.2. The van der Waals surface area contributed by atoms with Gasteiger partial charge < -0.3 is 29.7 Å². The minimum atomic E-state index is -4.88. The number of hydrogen-bond acceptors (Lipinski definition) is 13. The van der Waals surface area contributed by atoms with Gasteiger partial charge in [-0.3, -0.25) is 38.4 Å². The summed E-state index contributed by atoms with van der Waals surface area (Å²) in [5.74, 6) is -0.908. The number of thioether (sulfide) groups is 1. The van der Waals surface area contributed by atoms with Crippen LogP contribution in [0.4, 0.5) is 4.79 Å². The Morgan fingerprint density at radius 2 is 1.80 bits per heavy atom. The second kappa shape index (κ2) is 13.1. The summed E-state index contributed by atoms with van der Waals surface area (Å²) in [7, 11) is -4.88. The second-order valence-corrected chi connectivity index (χ2v) is 13.5. The zero-order chi connectivity index (χ0) is 32.7. The lowest BCUT2D eigenvalue weighted by atomic mass is 10.0. The molecule has 0 aliphatic carbocycles. The minimum Gasteiger partial charge on any atom is -0.394 e. The number of aryl methyl sites for hydroxylation is 1. The van der Waals surface area contributed by atoms with Crippen LogP contribution in [-0.4, -0.2) is 101 Å². The molecule has 9 atom stereocenters. The van der Waals surface area contributed by atoms with E-state index < -0.39 is 92.1 Å². The van der Waals surface area contributed by atoms with Gasteiger partial charge in [0, 0.05) is 29.5 Å². The van der Waals surface area contributed by atoms with E-state index in [4.69, 9.17) is 18.5 Å². The number of nitrogens with one attached hydrogen (secondary N) is 2. The van der Waals surface area contributed by atoms with Gasteiger partial charge >= 0.3 is 19.5 Å². The first-order chi connectivity index (χ1) is 21.2. The number of rotatable bonds is 10. The number of benzene rings is 1. The summed E-state index contributed by atoms with van der Waals surface area (Å²) in [6.07, 6.45) is -6.09. The molecule has 1 aromatic carbocycles. The highest BCUT2D eigenvalue weighted by Crippen LogP contribution is 2.49. The van der Waals surface area contributed by atoms with Crippen LogP contribution in [0.25, 0.3) is 0 Å². The number of aromatic amines is 1. The summed E-state index contributed by atoms with van der Waals surface area (Å²) in [5, 5.41) is 32.4. The van der Waals surface area contributed by atoms with Gasteiger partial charge in [0.1, 0.15) is 36.1 Å². The SMILES string of the molecule is Cc1cn([C@H]2C[C@H](OP(=O)(O)OC[C@H]3O[C@@H](N4C(=O)NC(=O)C(C)(O)C4Sc4ccccc4)C[C@@H]3O)[C@@H](CO)O2)c(=O)[nH]c1=O. The van der Waals surface area contributed by atoms with Crippen molar-refractivity contribution in [2.75, 3.05) is 13.2 Å². The Bertz CT molecular complexity index is 1590. The summed E-state index contributed by atoms with van der Waals surface area (Å²) < 4.78 is 35.8. The Labute approximate surface area is 259 Å². The van der Waals surface area contributed by atoms with Crippen molar-refractivity contribution >= 4 is 31.5 Å². The van der Waals surface area contributed by atoms with Crippen molar-refractivity contribution < 1.29 is 52.9 Å².